The Hall–Kier alpha value is -3.12. The van der Waals surface area contributed by atoms with Gasteiger partial charge in [-0.3, -0.25) is 4.79 Å². The molecule has 0 saturated heterocycles. The Kier molecular flexibility index (Phi) is 5.59. The van der Waals surface area contributed by atoms with Gasteiger partial charge < -0.3 is 19.5 Å². The highest BCUT2D eigenvalue weighted by molar-refractivity contribution is 5.96. The van der Waals surface area contributed by atoms with Crippen molar-refractivity contribution < 1.29 is 9.21 Å². The molecule has 0 fully saturated rings. The lowest BCUT2D eigenvalue weighted by atomic mass is 9.96. The van der Waals surface area contributed by atoms with Crippen molar-refractivity contribution in [1.82, 2.24) is 10.2 Å². The van der Waals surface area contributed by atoms with E-state index in [0.717, 1.165) is 30.3 Å². The van der Waals surface area contributed by atoms with Gasteiger partial charge >= 0.3 is 5.63 Å². The van der Waals surface area contributed by atoms with Crippen LogP contribution in [0.3, 0.4) is 0 Å². The minimum Gasteiger partial charge on any atom is -0.422 e. The van der Waals surface area contributed by atoms with Gasteiger partial charge in [0.1, 0.15) is 11.1 Å². The van der Waals surface area contributed by atoms with Crippen molar-refractivity contribution in [3.63, 3.8) is 0 Å². The lowest BCUT2D eigenvalue weighted by Crippen LogP contribution is -2.36. The van der Waals surface area contributed by atoms with E-state index in [1.54, 1.807) is 18.2 Å². The molecule has 6 heteroatoms. The summed E-state index contributed by atoms with van der Waals surface area (Å²) < 4.78 is 5.29. The zero-order valence-electron chi connectivity index (χ0n) is 17.6. The van der Waals surface area contributed by atoms with Crippen LogP contribution in [0, 0.1) is 0 Å². The summed E-state index contributed by atoms with van der Waals surface area (Å²) in [7, 11) is 6.11. The first kappa shape index (κ1) is 20.2. The number of amides is 1. The fourth-order valence-electron chi connectivity index (χ4n) is 4.12. The predicted octanol–water partition coefficient (Wildman–Crippen LogP) is 3.21. The van der Waals surface area contributed by atoms with Crippen LogP contribution in [-0.4, -0.2) is 45.0 Å². The van der Waals surface area contributed by atoms with Crippen molar-refractivity contribution in [2.75, 3.05) is 39.1 Å². The Morgan fingerprint density at radius 3 is 2.80 bits per heavy atom. The number of rotatable bonds is 5. The molecule has 0 unspecified atom stereocenters. The normalized spacial score (nSPS) is 14.6. The highest BCUT2D eigenvalue weighted by Gasteiger charge is 2.21. The molecule has 30 heavy (non-hydrogen) atoms. The third kappa shape index (κ3) is 3.96. The number of fused-ring (bicyclic) bond motifs is 2. The van der Waals surface area contributed by atoms with Crippen molar-refractivity contribution in [1.29, 1.82) is 0 Å². The van der Waals surface area contributed by atoms with Gasteiger partial charge in [-0.2, -0.15) is 0 Å². The Balaban J connectivity index is 1.54. The van der Waals surface area contributed by atoms with Crippen LogP contribution in [0.4, 0.5) is 5.69 Å². The molecule has 0 spiro atoms. The van der Waals surface area contributed by atoms with Gasteiger partial charge in [0.2, 0.25) is 0 Å². The van der Waals surface area contributed by atoms with Crippen LogP contribution in [0.25, 0.3) is 11.0 Å². The van der Waals surface area contributed by atoms with E-state index in [0.29, 0.717) is 12.1 Å². The number of anilines is 1. The van der Waals surface area contributed by atoms with Crippen molar-refractivity contribution in [3.05, 3.63) is 75.6 Å². The molecule has 1 atom stereocenters. The SMILES string of the molecule is CN1CCCc2cc([C@@H](CNC(=O)c3cc4ccccc4oc3=O)N(C)C)ccc21. The Morgan fingerprint density at radius 2 is 2.00 bits per heavy atom. The maximum absolute atomic E-state index is 12.7. The molecule has 156 valence electrons. The standard InChI is InChI=1S/C24H27N3O3/c1-26(2)21(17-10-11-20-16(13-17)8-6-12-27(20)3)15-25-23(28)19-14-18-7-4-5-9-22(18)30-24(19)29/h4-5,7,9-11,13-14,21H,6,8,12,15H2,1-3H3,(H,25,28)/t21-/m1/s1. The number of para-hydroxylation sites is 1. The third-order valence-electron chi connectivity index (χ3n) is 5.80. The second-order valence-electron chi connectivity index (χ2n) is 8.09. The molecule has 1 aromatic heterocycles. The summed E-state index contributed by atoms with van der Waals surface area (Å²) in [6.45, 7) is 1.47. The van der Waals surface area contributed by atoms with Gasteiger partial charge in [0.05, 0.1) is 6.04 Å². The summed E-state index contributed by atoms with van der Waals surface area (Å²) in [5, 5.41) is 3.65. The van der Waals surface area contributed by atoms with E-state index in [1.165, 1.54) is 11.3 Å². The molecule has 3 aromatic rings. The highest BCUT2D eigenvalue weighted by Crippen LogP contribution is 2.30. The van der Waals surface area contributed by atoms with E-state index >= 15 is 0 Å². The smallest absolute Gasteiger partial charge is 0.349 e. The van der Waals surface area contributed by atoms with Crippen LogP contribution < -0.4 is 15.8 Å². The van der Waals surface area contributed by atoms with E-state index in [4.69, 9.17) is 4.42 Å². The molecule has 6 nitrogen and oxygen atoms in total. The van der Waals surface area contributed by atoms with Crippen molar-refractivity contribution in [3.8, 4) is 0 Å². The summed E-state index contributed by atoms with van der Waals surface area (Å²) in [5.74, 6) is -0.418. The van der Waals surface area contributed by atoms with E-state index in [2.05, 4.69) is 40.4 Å². The largest absolute Gasteiger partial charge is 0.422 e. The van der Waals surface area contributed by atoms with Crippen LogP contribution in [0.1, 0.15) is 33.9 Å². The molecule has 0 bridgehead atoms. The average Bonchev–Trinajstić information content (AvgIpc) is 2.73. The van der Waals surface area contributed by atoms with Crippen LogP contribution in [0.2, 0.25) is 0 Å². The number of benzene rings is 2. The summed E-state index contributed by atoms with van der Waals surface area (Å²) in [5.41, 5.74) is 3.65. The molecule has 2 aromatic carbocycles. The zero-order chi connectivity index (χ0) is 21.3. The van der Waals surface area contributed by atoms with Crippen LogP contribution in [0.15, 0.2) is 57.7 Å². The van der Waals surface area contributed by atoms with Gasteiger partial charge in [0.25, 0.3) is 5.91 Å². The third-order valence-corrected chi connectivity index (χ3v) is 5.80. The first-order valence-electron chi connectivity index (χ1n) is 10.3. The van der Waals surface area contributed by atoms with Gasteiger partial charge in [0, 0.05) is 31.2 Å². The van der Waals surface area contributed by atoms with Crippen molar-refractivity contribution in [2.45, 2.75) is 18.9 Å². The Bertz CT molecular complexity index is 1140. The number of hydrogen-bond donors (Lipinski definition) is 1. The Morgan fingerprint density at radius 1 is 1.20 bits per heavy atom. The van der Waals surface area contributed by atoms with E-state index < -0.39 is 11.5 Å². The van der Waals surface area contributed by atoms with Crippen LogP contribution in [-0.2, 0) is 6.42 Å². The fourth-order valence-corrected chi connectivity index (χ4v) is 4.12. The maximum Gasteiger partial charge on any atom is 0.349 e. The predicted molar refractivity (Wildman–Crippen MR) is 119 cm³/mol. The minimum atomic E-state index is -0.621. The number of hydrogen-bond acceptors (Lipinski definition) is 5. The van der Waals surface area contributed by atoms with Gasteiger partial charge in [-0.25, -0.2) is 4.79 Å². The molecule has 1 aliphatic rings. The fraction of sp³-hybridized carbons (Fsp3) is 0.333. The van der Waals surface area contributed by atoms with E-state index in [9.17, 15) is 9.59 Å². The molecule has 1 aliphatic heterocycles. The summed E-state index contributed by atoms with van der Waals surface area (Å²) >= 11 is 0. The first-order chi connectivity index (χ1) is 14.4. The minimum absolute atomic E-state index is 0.000945. The molecule has 0 radical (unpaired) electrons. The molecule has 4 rings (SSSR count). The molecule has 2 heterocycles. The van der Waals surface area contributed by atoms with Crippen LogP contribution >= 0.6 is 0 Å². The second kappa shape index (κ2) is 8.32. The summed E-state index contributed by atoms with van der Waals surface area (Å²) in [6.07, 6.45) is 2.21. The van der Waals surface area contributed by atoms with Gasteiger partial charge in [-0.05, 0) is 56.3 Å². The number of aryl methyl sites for hydroxylation is 1. The summed E-state index contributed by atoms with van der Waals surface area (Å²) in [4.78, 5) is 29.4. The second-order valence-corrected chi connectivity index (χ2v) is 8.09. The number of nitrogens with one attached hydrogen (secondary N) is 1. The molecular formula is C24H27N3O3. The van der Waals surface area contributed by atoms with Gasteiger partial charge in [-0.15, -0.1) is 0 Å². The quantitative estimate of drug-likeness (QED) is 0.661. The van der Waals surface area contributed by atoms with E-state index in [-0.39, 0.29) is 11.6 Å². The number of carbonyl (C=O) groups is 1. The number of carbonyl (C=O) groups excluding carboxylic acids is 1. The zero-order valence-corrected chi connectivity index (χ0v) is 17.6. The Labute approximate surface area is 176 Å². The average molecular weight is 405 g/mol. The molecule has 0 saturated carbocycles. The van der Waals surface area contributed by atoms with Gasteiger partial charge in [0.15, 0.2) is 0 Å². The topological polar surface area (TPSA) is 65.8 Å². The number of nitrogens with zero attached hydrogens (tertiary/aromatic N) is 2. The van der Waals surface area contributed by atoms with Crippen LogP contribution in [0.5, 0.6) is 0 Å². The van der Waals surface area contributed by atoms with E-state index in [1.807, 2.05) is 26.2 Å². The first-order valence-corrected chi connectivity index (χ1v) is 10.3. The molecular weight excluding hydrogens is 378 g/mol. The molecule has 1 N–H and O–H groups in total. The van der Waals surface area contributed by atoms with Crippen molar-refractivity contribution >= 4 is 22.6 Å². The monoisotopic (exact) mass is 405 g/mol. The maximum atomic E-state index is 12.7. The highest BCUT2D eigenvalue weighted by atomic mass is 16.4. The van der Waals surface area contributed by atoms with Gasteiger partial charge in [-0.1, -0.05) is 30.3 Å². The molecule has 0 aliphatic carbocycles. The summed E-state index contributed by atoms with van der Waals surface area (Å²) in [6, 6.07) is 15.3. The number of likely N-dealkylation sites (N-methyl/N-ethyl adjacent to an activating group) is 1. The lowest BCUT2D eigenvalue weighted by molar-refractivity contribution is 0.0938. The van der Waals surface area contributed by atoms with Crippen molar-refractivity contribution in [2.24, 2.45) is 0 Å². The lowest BCUT2D eigenvalue weighted by Gasteiger charge is -2.30. The molecule has 1 amide bonds.